The van der Waals surface area contributed by atoms with Gasteiger partial charge in [0, 0.05) is 36.5 Å². The summed E-state index contributed by atoms with van der Waals surface area (Å²) in [7, 11) is 0. The van der Waals surface area contributed by atoms with Gasteiger partial charge in [-0.15, -0.1) is 11.3 Å². The summed E-state index contributed by atoms with van der Waals surface area (Å²) < 4.78 is 0.686. The van der Waals surface area contributed by atoms with Crippen LogP contribution in [0.3, 0.4) is 0 Å². The highest BCUT2D eigenvalue weighted by Crippen LogP contribution is 2.30. The average Bonchev–Trinajstić information content (AvgIpc) is 3.03. The average molecular weight is 372 g/mol. The van der Waals surface area contributed by atoms with E-state index in [1.54, 1.807) is 17.3 Å². The minimum Gasteiger partial charge on any atom is -0.319 e. The minimum absolute atomic E-state index is 0.206. The Balaban J connectivity index is 1.69. The fourth-order valence-electron chi connectivity index (χ4n) is 3.00. The molecule has 0 radical (unpaired) electrons. The Labute approximate surface area is 153 Å². The molecule has 126 valence electrons. The maximum absolute atomic E-state index is 13.0. The van der Waals surface area contributed by atoms with E-state index in [2.05, 4.69) is 4.98 Å². The number of hydrogen-bond acceptors (Lipinski definition) is 4. The fourth-order valence-corrected chi connectivity index (χ4v) is 3.90. The van der Waals surface area contributed by atoms with Gasteiger partial charge < -0.3 is 4.90 Å². The van der Waals surface area contributed by atoms with Gasteiger partial charge in [-0.3, -0.25) is 9.78 Å². The lowest BCUT2D eigenvalue weighted by Crippen LogP contribution is -2.52. The van der Waals surface area contributed by atoms with Gasteiger partial charge in [0.05, 0.1) is 16.2 Å². The molecule has 0 atom stereocenters. The maximum atomic E-state index is 13.0. The van der Waals surface area contributed by atoms with Gasteiger partial charge in [-0.1, -0.05) is 35.9 Å². The normalized spacial score (nSPS) is 15.2. The molecule has 0 unspecified atom stereocenters. The van der Waals surface area contributed by atoms with Crippen LogP contribution in [0.5, 0.6) is 0 Å². The number of anilines is 1. The number of urea groups is 1. The molecule has 0 aliphatic carbocycles. The Kier molecular flexibility index (Phi) is 4.15. The number of imide groups is 1. The molecule has 0 saturated carbocycles. The van der Waals surface area contributed by atoms with Crippen LogP contribution in [0.4, 0.5) is 10.5 Å². The van der Waals surface area contributed by atoms with Crippen LogP contribution in [0.15, 0.2) is 48.1 Å². The van der Waals surface area contributed by atoms with Gasteiger partial charge in [-0.2, -0.15) is 0 Å². The topological polar surface area (TPSA) is 53.5 Å². The van der Waals surface area contributed by atoms with Gasteiger partial charge in [-0.05, 0) is 17.0 Å². The van der Waals surface area contributed by atoms with Crippen molar-refractivity contribution in [3.05, 3.63) is 58.0 Å². The number of rotatable bonds is 3. The SMILES string of the molecule is O=C1CCN(Cc2csc(Cl)c2)C(=O)N1c1cncc2ccccc12. The quantitative estimate of drug-likeness (QED) is 0.689. The number of carbonyl (C=O) groups excluding carboxylic acids is 2. The molecule has 0 bridgehead atoms. The molecule has 3 amide bonds. The predicted octanol–water partition coefficient (Wildman–Crippen LogP) is 4.31. The molecule has 3 heterocycles. The second-order valence-electron chi connectivity index (χ2n) is 5.82. The van der Waals surface area contributed by atoms with Gasteiger partial charge in [0.15, 0.2) is 0 Å². The van der Waals surface area contributed by atoms with E-state index in [1.807, 2.05) is 35.7 Å². The van der Waals surface area contributed by atoms with Crippen molar-refractivity contribution < 1.29 is 9.59 Å². The summed E-state index contributed by atoms with van der Waals surface area (Å²) in [4.78, 5) is 32.5. The van der Waals surface area contributed by atoms with Crippen LogP contribution in [0.1, 0.15) is 12.0 Å². The first-order valence-electron chi connectivity index (χ1n) is 7.81. The first-order chi connectivity index (χ1) is 12.1. The zero-order valence-electron chi connectivity index (χ0n) is 13.2. The van der Waals surface area contributed by atoms with Crippen LogP contribution < -0.4 is 4.90 Å². The molecule has 5 nitrogen and oxygen atoms in total. The van der Waals surface area contributed by atoms with E-state index in [9.17, 15) is 9.59 Å². The Morgan fingerprint density at radius 3 is 2.84 bits per heavy atom. The monoisotopic (exact) mass is 371 g/mol. The van der Waals surface area contributed by atoms with Crippen LogP contribution in [0, 0.1) is 0 Å². The van der Waals surface area contributed by atoms with Crippen LogP contribution in [0.25, 0.3) is 10.8 Å². The van der Waals surface area contributed by atoms with Crippen LogP contribution >= 0.6 is 22.9 Å². The van der Waals surface area contributed by atoms with Gasteiger partial charge in [-0.25, -0.2) is 9.69 Å². The molecule has 2 aromatic heterocycles. The number of thiophene rings is 1. The lowest BCUT2D eigenvalue weighted by molar-refractivity contribution is -0.119. The molecule has 1 aromatic carbocycles. The lowest BCUT2D eigenvalue weighted by Gasteiger charge is -2.34. The van der Waals surface area contributed by atoms with E-state index in [4.69, 9.17) is 11.6 Å². The molecule has 7 heteroatoms. The summed E-state index contributed by atoms with van der Waals surface area (Å²) in [5.74, 6) is -0.206. The highest BCUT2D eigenvalue weighted by Gasteiger charge is 2.34. The number of carbonyl (C=O) groups is 2. The van der Waals surface area contributed by atoms with Gasteiger partial charge >= 0.3 is 6.03 Å². The third-order valence-corrected chi connectivity index (χ3v) is 5.33. The van der Waals surface area contributed by atoms with Crippen molar-refractivity contribution in [1.29, 1.82) is 0 Å². The Morgan fingerprint density at radius 1 is 1.20 bits per heavy atom. The third kappa shape index (κ3) is 2.99. The van der Waals surface area contributed by atoms with E-state index >= 15 is 0 Å². The minimum atomic E-state index is -0.322. The summed E-state index contributed by atoms with van der Waals surface area (Å²) in [5, 5.41) is 3.65. The molecule has 0 N–H and O–H groups in total. The largest absolute Gasteiger partial charge is 0.331 e. The highest BCUT2D eigenvalue weighted by molar-refractivity contribution is 7.14. The second-order valence-corrected chi connectivity index (χ2v) is 7.36. The smallest absolute Gasteiger partial charge is 0.319 e. The van der Waals surface area contributed by atoms with Gasteiger partial charge in [0.25, 0.3) is 0 Å². The number of pyridine rings is 1. The number of hydrogen-bond donors (Lipinski definition) is 0. The number of amides is 3. The molecule has 4 rings (SSSR count). The first-order valence-corrected chi connectivity index (χ1v) is 9.07. The molecule has 1 aliphatic heterocycles. The van der Waals surface area contributed by atoms with Crippen molar-refractivity contribution >= 4 is 51.3 Å². The number of benzene rings is 1. The Hall–Kier alpha value is -2.44. The molecule has 3 aromatic rings. The first kappa shape index (κ1) is 16.1. The molecular weight excluding hydrogens is 358 g/mol. The van der Waals surface area contributed by atoms with E-state index in [0.29, 0.717) is 23.1 Å². The van der Waals surface area contributed by atoms with Crippen molar-refractivity contribution in [2.45, 2.75) is 13.0 Å². The summed E-state index contributed by atoms with van der Waals surface area (Å²) in [6.45, 7) is 0.837. The summed E-state index contributed by atoms with van der Waals surface area (Å²) >= 11 is 7.40. The summed E-state index contributed by atoms with van der Waals surface area (Å²) in [5.41, 5.74) is 1.50. The predicted molar refractivity (Wildman–Crippen MR) is 99.0 cm³/mol. The maximum Gasteiger partial charge on any atom is 0.331 e. The van der Waals surface area contributed by atoms with Gasteiger partial charge in [0.1, 0.15) is 0 Å². The number of halogens is 1. The van der Waals surface area contributed by atoms with Crippen molar-refractivity contribution in [3.63, 3.8) is 0 Å². The van der Waals surface area contributed by atoms with Crippen LogP contribution in [-0.4, -0.2) is 28.4 Å². The van der Waals surface area contributed by atoms with Crippen molar-refractivity contribution in [2.75, 3.05) is 11.4 Å². The summed E-state index contributed by atoms with van der Waals surface area (Å²) in [6.07, 6.45) is 3.58. The van der Waals surface area contributed by atoms with E-state index < -0.39 is 0 Å². The zero-order valence-corrected chi connectivity index (χ0v) is 14.8. The Morgan fingerprint density at radius 2 is 2.04 bits per heavy atom. The van der Waals surface area contributed by atoms with E-state index in [1.165, 1.54) is 16.2 Å². The lowest BCUT2D eigenvalue weighted by atomic mass is 10.1. The molecule has 0 spiro atoms. The number of fused-ring (bicyclic) bond motifs is 1. The van der Waals surface area contributed by atoms with Crippen LogP contribution in [0.2, 0.25) is 4.34 Å². The molecule has 25 heavy (non-hydrogen) atoms. The third-order valence-electron chi connectivity index (χ3n) is 4.19. The van der Waals surface area contributed by atoms with Gasteiger partial charge in [0.2, 0.25) is 5.91 Å². The molecule has 1 fully saturated rings. The summed E-state index contributed by atoms with van der Waals surface area (Å²) in [6, 6.07) is 9.12. The van der Waals surface area contributed by atoms with Crippen molar-refractivity contribution in [2.24, 2.45) is 0 Å². The number of aromatic nitrogens is 1. The standard InChI is InChI=1S/C18H14ClN3O2S/c19-16-7-12(11-25-16)10-21-6-5-17(23)22(18(21)24)15-9-20-8-13-3-1-2-4-14(13)15/h1-4,7-9,11H,5-6,10H2. The van der Waals surface area contributed by atoms with E-state index in [0.717, 1.165) is 16.3 Å². The van der Waals surface area contributed by atoms with Crippen LogP contribution in [-0.2, 0) is 11.3 Å². The Bertz CT molecular complexity index is 966. The van der Waals surface area contributed by atoms with E-state index in [-0.39, 0.29) is 18.4 Å². The van der Waals surface area contributed by atoms with Crippen molar-refractivity contribution in [3.8, 4) is 0 Å². The molecule has 1 aliphatic rings. The highest BCUT2D eigenvalue weighted by atomic mass is 35.5. The second kappa shape index (κ2) is 6.46. The molecule has 1 saturated heterocycles. The fraction of sp³-hybridized carbons (Fsp3) is 0.167. The molecular formula is C18H14ClN3O2S. The zero-order chi connectivity index (χ0) is 17.4. The van der Waals surface area contributed by atoms with Crippen molar-refractivity contribution in [1.82, 2.24) is 9.88 Å². The number of nitrogens with zero attached hydrogens (tertiary/aromatic N) is 3.